The van der Waals surface area contributed by atoms with Gasteiger partial charge in [0, 0.05) is 5.92 Å². The molecule has 0 fully saturated rings. The zero-order valence-electron chi connectivity index (χ0n) is 18.0. The summed E-state index contributed by atoms with van der Waals surface area (Å²) in [6.07, 6.45) is 0. The molecule has 0 aliphatic rings. The number of hydrogen-bond donors (Lipinski definition) is 3. The number of ketones is 1. The van der Waals surface area contributed by atoms with Crippen molar-refractivity contribution in [3.05, 3.63) is 68.6 Å². The minimum Gasteiger partial charge on any atom is -0.870 e. The van der Waals surface area contributed by atoms with Gasteiger partial charge >= 0.3 is 47.0 Å². The van der Waals surface area contributed by atoms with Crippen LogP contribution in [0.3, 0.4) is 0 Å². The van der Waals surface area contributed by atoms with Gasteiger partial charge in [0.05, 0.1) is 17.0 Å². The molecule has 4 N–H and O–H groups in total. The average molecular weight is 452 g/mol. The molecule has 2 atom stereocenters. The molecule has 0 saturated carbocycles. The summed E-state index contributed by atoms with van der Waals surface area (Å²) in [6, 6.07) is 10.1. The van der Waals surface area contributed by atoms with Gasteiger partial charge < -0.3 is 19.4 Å². The Kier molecular flexibility index (Phi) is 9.40. The summed E-state index contributed by atoms with van der Waals surface area (Å²) in [5, 5.41) is 8.81. The third kappa shape index (κ3) is 6.07. The van der Waals surface area contributed by atoms with Crippen molar-refractivity contribution in [2.45, 2.75) is 32.6 Å². The number of nitrogens with one attached hydrogen (secondary N) is 2. The molecule has 0 aliphatic carbocycles. The molecule has 32 heavy (non-hydrogen) atoms. The van der Waals surface area contributed by atoms with Crippen LogP contribution >= 0.6 is 0 Å². The Labute approximate surface area is 203 Å². The van der Waals surface area contributed by atoms with Crippen molar-refractivity contribution in [3.8, 4) is 0 Å². The molecule has 164 valence electrons. The molecule has 10 nitrogen and oxygen atoms in total. The van der Waals surface area contributed by atoms with E-state index in [1.165, 1.54) is 0 Å². The van der Waals surface area contributed by atoms with E-state index < -0.39 is 23.4 Å². The first kappa shape index (κ1) is 27.1. The zero-order chi connectivity index (χ0) is 22.0. The van der Waals surface area contributed by atoms with E-state index in [0.29, 0.717) is 27.8 Å². The number of benzene rings is 2. The molecule has 2 aromatic carbocycles. The molecule has 11 heteroatoms. The van der Waals surface area contributed by atoms with Crippen molar-refractivity contribution < 1.29 is 58.6 Å². The normalized spacial score (nSPS) is 12.1. The number of carboxylic acids is 1. The molecule has 2 aromatic heterocycles. The second-order valence-electron chi connectivity index (χ2n) is 6.93. The van der Waals surface area contributed by atoms with Gasteiger partial charge in [-0.15, -0.1) is 0 Å². The van der Waals surface area contributed by atoms with Crippen LogP contribution in [0, 0.1) is 0 Å². The average Bonchev–Trinajstić information content (AvgIpc) is 3.25. The summed E-state index contributed by atoms with van der Waals surface area (Å²) < 4.78 is 9.75. The first-order valence-electron chi connectivity index (χ1n) is 9.14. The number of aliphatic carboxylic acids is 1. The van der Waals surface area contributed by atoms with Crippen molar-refractivity contribution in [2.75, 3.05) is 0 Å². The first-order valence-corrected chi connectivity index (χ1v) is 9.14. The van der Waals surface area contributed by atoms with Gasteiger partial charge in [0.25, 0.3) is 0 Å². The Morgan fingerprint density at radius 2 is 1.25 bits per heavy atom. The van der Waals surface area contributed by atoms with E-state index in [4.69, 9.17) is 13.9 Å². The monoisotopic (exact) mass is 452 g/mol. The van der Waals surface area contributed by atoms with Gasteiger partial charge in [-0.3, -0.25) is 19.6 Å². The Hall–Kier alpha value is -2.92. The molecule has 0 amide bonds. The smallest absolute Gasteiger partial charge is 0.870 e. The molecular formula is C21H21N2NaO8. The van der Waals surface area contributed by atoms with Crippen molar-refractivity contribution in [3.63, 3.8) is 0 Å². The van der Waals surface area contributed by atoms with Crippen LogP contribution in [0.2, 0.25) is 0 Å². The molecule has 2 heterocycles. The van der Waals surface area contributed by atoms with Crippen LogP contribution in [-0.4, -0.2) is 32.3 Å². The standard InChI is InChI=1S/C11H11NO3.C10H9NO4.Na.H2O/c1-6(7(2)13)8-3-4-9-10(5-8)15-11(14)12-9;1-5(9(12)13)6-2-3-7-8(4-6)15-10(14)11-7;;/h3-6H,1-2H3,(H,12,14);2-5H,1H3,(H,11,14)(H,12,13);;1H2/q;;+1;/p-1. The summed E-state index contributed by atoms with van der Waals surface area (Å²) >= 11 is 0. The van der Waals surface area contributed by atoms with Crippen molar-refractivity contribution >= 4 is 34.0 Å². The van der Waals surface area contributed by atoms with Crippen molar-refractivity contribution in [1.29, 1.82) is 0 Å². The number of carboxylic acid groups (broad SMARTS) is 1. The number of Topliss-reactive ketones (excluding diaryl/α,β-unsaturated/α-hetero) is 1. The number of rotatable bonds is 4. The number of aromatic amines is 2. The molecule has 0 spiro atoms. The first-order chi connectivity index (χ1) is 14.2. The fourth-order valence-corrected chi connectivity index (χ4v) is 2.84. The largest absolute Gasteiger partial charge is 1.00 e. The van der Waals surface area contributed by atoms with Crippen LogP contribution in [0.5, 0.6) is 0 Å². The summed E-state index contributed by atoms with van der Waals surface area (Å²) in [5.74, 6) is -2.62. The van der Waals surface area contributed by atoms with Crippen LogP contribution < -0.4 is 41.1 Å². The van der Waals surface area contributed by atoms with Gasteiger partial charge in [0.1, 0.15) is 5.78 Å². The maximum atomic E-state index is 11.2. The summed E-state index contributed by atoms with van der Waals surface area (Å²) in [7, 11) is 0. The fourth-order valence-electron chi connectivity index (χ4n) is 2.84. The van der Waals surface area contributed by atoms with Gasteiger partial charge in [-0.1, -0.05) is 19.1 Å². The maximum absolute atomic E-state index is 11.2. The summed E-state index contributed by atoms with van der Waals surface area (Å²) in [6.45, 7) is 4.95. The van der Waals surface area contributed by atoms with Crippen molar-refractivity contribution in [1.82, 2.24) is 9.97 Å². The topological polar surface area (TPSA) is 176 Å². The van der Waals surface area contributed by atoms with Crippen LogP contribution in [0.15, 0.2) is 54.8 Å². The molecule has 0 aliphatic heterocycles. The van der Waals surface area contributed by atoms with E-state index in [9.17, 15) is 19.2 Å². The Balaban J connectivity index is 0.000000301. The van der Waals surface area contributed by atoms with Gasteiger partial charge in [-0.05, 0) is 49.2 Å². The molecule has 4 aromatic rings. The number of hydrogen-bond acceptors (Lipinski definition) is 7. The van der Waals surface area contributed by atoms with Gasteiger partial charge in [0.15, 0.2) is 11.2 Å². The van der Waals surface area contributed by atoms with Gasteiger partial charge in [0.2, 0.25) is 0 Å². The number of fused-ring (bicyclic) bond motifs is 2. The van der Waals surface area contributed by atoms with Crippen molar-refractivity contribution in [2.24, 2.45) is 0 Å². The van der Waals surface area contributed by atoms with E-state index in [2.05, 4.69) is 9.97 Å². The van der Waals surface area contributed by atoms with E-state index in [1.54, 1.807) is 44.2 Å². The number of aromatic nitrogens is 2. The predicted octanol–water partition coefficient (Wildman–Crippen LogP) is -0.0500. The van der Waals surface area contributed by atoms with E-state index in [0.717, 1.165) is 5.56 Å². The third-order valence-corrected chi connectivity index (χ3v) is 4.87. The fraction of sp³-hybridized carbons (Fsp3) is 0.238. The predicted molar refractivity (Wildman–Crippen MR) is 111 cm³/mol. The van der Waals surface area contributed by atoms with Crippen LogP contribution in [-0.2, 0) is 9.59 Å². The van der Waals surface area contributed by atoms with Crippen LogP contribution in [0.4, 0.5) is 0 Å². The molecule has 0 saturated heterocycles. The maximum Gasteiger partial charge on any atom is 1.00 e. The minimum absolute atomic E-state index is 0. The Bertz CT molecular complexity index is 1240. The third-order valence-electron chi connectivity index (χ3n) is 4.87. The second-order valence-corrected chi connectivity index (χ2v) is 6.93. The molecule has 2 unspecified atom stereocenters. The number of carbonyl (C=O) groups is 2. The number of oxazole rings is 2. The van der Waals surface area contributed by atoms with Crippen LogP contribution in [0.1, 0.15) is 43.7 Å². The molecular weight excluding hydrogens is 431 g/mol. The van der Waals surface area contributed by atoms with E-state index in [1.807, 2.05) is 13.0 Å². The summed E-state index contributed by atoms with van der Waals surface area (Å²) in [5.41, 5.74) is 3.56. The minimum atomic E-state index is -0.910. The van der Waals surface area contributed by atoms with Gasteiger partial charge in [-0.25, -0.2) is 9.59 Å². The van der Waals surface area contributed by atoms with E-state index in [-0.39, 0.29) is 46.7 Å². The molecule has 0 radical (unpaired) electrons. The van der Waals surface area contributed by atoms with Crippen LogP contribution in [0.25, 0.3) is 22.2 Å². The Morgan fingerprint density at radius 3 is 1.62 bits per heavy atom. The summed E-state index contributed by atoms with van der Waals surface area (Å²) in [4.78, 5) is 48.7. The number of carbonyl (C=O) groups excluding carboxylic acids is 1. The second kappa shape index (κ2) is 11.1. The number of H-pyrrole nitrogens is 2. The van der Waals surface area contributed by atoms with Gasteiger partial charge in [-0.2, -0.15) is 0 Å². The SMILES string of the molecule is CC(=O)C(C)c1ccc2[nH]c(=O)oc2c1.CC(C(=O)O)c1ccc2[nH]c(=O)oc2c1.[Na+].[OH-]. The molecule has 0 bridgehead atoms. The zero-order valence-corrected chi connectivity index (χ0v) is 20.0. The Morgan fingerprint density at radius 1 is 0.844 bits per heavy atom. The quantitative estimate of drug-likeness (QED) is 0.361. The molecule has 4 rings (SSSR count). The van der Waals surface area contributed by atoms with E-state index >= 15 is 0 Å².